The molecule has 0 saturated heterocycles. The van der Waals surface area contributed by atoms with Gasteiger partial charge in [-0.3, -0.25) is 14.5 Å². The quantitative estimate of drug-likeness (QED) is 0.767. The first kappa shape index (κ1) is 19.6. The number of nitrogens with one attached hydrogen (secondary N) is 1. The van der Waals surface area contributed by atoms with Crippen LogP contribution in [-0.2, 0) is 20.5 Å². The molecule has 0 bridgehead atoms. The average molecular weight is 390 g/mol. The van der Waals surface area contributed by atoms with E-state index in [0.29, 0.717) is 5.56 Å². The van der Waals surface area contributed by atoms with Gasteiger partial charge < -0.3 is 10.1 Å². The van der Waals surface area contributed by atoms with Crippen LogP contribution in [0.25, 0.3) is 5.57 Å². The fourth-order valence-corrected chi connectivity index (χ4v) is 2.87. The second kappa shape index (κ2) is 7.85. The number of alkyl halides is 3. The molecule has 0 spiro atoms. The van der Waals surface area contributed by atoms with Crippen molar-refractivity contribution in [3.8, 4) is 0 Å². The van der Waals surface area contributed by atoms with Crippen molar-refractivity contribution in [3.05, 3.63) is 71.4 Å². The van der Waals surface area contributed by atoms with E-state index in [-0.39, 0.29) is 30.1 Å². The first-order valence-corrected chi connectivity index (χ1v) is 8.42. The topological polar surface area (TPSA) is 58.6 Å². The van der Waals surface area contributed by atoms with Crippen LogP contribution in [0.15, 0.2) is 60.3 Å². The van der Waals surface area contributed by atoms with Crippen LogP contribution in [0, 0.1) is 0 Å². The molecular weight excluding hydrogens is 373 g/mol. The van der Waals surface area contributed by atoms with E-state index in [1.54, 1.807) is 30.3 Å². The van der Waals surface area contributed by atoms with Gasteiger partial charge in [0, 0.05) is 12.8 Å². The summed E-state index contributed by atoms with van der Waals surface area (Å²) in [4.78, 5) is 26.6. The monoisotopic (exact) mass is 390 g/mol. The number of imide groups is 1. The number of hydrogen-bond acceptors (Lipinski definition) is 4. The third-order valence-electron chi connectivity index (χ3n) is 4.21. The van der Waals surface area contributed by atoms with E-state index >= 15 is 0 Å². The van der Waals surface area contributed by atoms with E-state index in [9.17, 15) is 22.8 Å². The Bertz CT molecular complexity index is 924. The Morgan fingerprint density at radius 1 is 1.00 bits per heavy atom. The van der Waals surface area contributed by atoms with E-state index in [4.69, 9.17) is 4.74 Å². The molecule has 1 N–H and O–H groups in total. The fraction of sp³-hybridized carbons (Fsp3) is 0.200. The zero-order chi connectivity index (χ0) is 20.3. The normalized spacial score (nSPS) is 14.8. The summed E-state index contributed by atoms with van der Waals surface area (Å²) in [5.74, 6) is -1.14. The van der Waals surface area contributed by atoms with Crippen molar-refractivity contribution in [2.75, 3.05) is 25.6 Å². The molecule has 5 nitrogen and oxygen atoms in total. The number of rotatable bonds is 6. The Morgan fingerprint density at radius 2 is 1.71 bits per heavy atom. The number of halogens is 3. The molecule has 2 aromatic rings. The minimum atomic E-state index is -4.52. The smallest absolute Gasteiger partial charge is 0.383 e. The maximum Gasteiger partial charge on any atom is 0.416 e. The molecule has 0 aromatic heterocycles. The third-order valence-corrected chi connectivity index (χ3v) is 4.21. The van der Waals surface area contributed by atoms with Crippen LogP contribution in [0.5, 0.6) is 0 Å². The summed E-state index contributed by atoms with van der Waals surface area (Å²) in [7, 11) is 1.44. The first-order valence-electron chi connectivity index (χ1n) is 8.42. The van der Waals surface area contributed by atoms with Crippen LogP contribution >= 0.6 is 0 Å². The van der Waals surface area contributed by atoms with E-state index in [2.05, 4.69) is 5.32 Å². The van der Waals surface area contributed by atoms with Crippen molar-refractivity contribution < 1.29 is 27.5 Å². The summed E-state index contributed by atoms with van der Waals surface area (Å²) in [5.41, 5.74) is -0.249. The van der Waals surface area contributed by atoms with Gasteiger partial charge in [-0.05, 0) is 23.8 Å². The van der Waals surface area contributed by atoms with Gasteiger partial charge in [-0.2, -0.15) is 13.2 Å². The van der Waals surface area contributed by atoms with E-state index in [1.807, 2.05) is 0 Å². The number of methoxy groups -OCH3 is 1. The van der Waals surface area contributed by atoms with Gasteiger partial charge in [0.25, 0.3) is 11.8 Å². The molecule has 146 valence electrons. The molecule has 1 heterocycles. The summed E-state index contributed by atoms with van der Waals surface area (Å²) in [6, 6.07) is 13.0. The zero-order valence-electron chi connectivity index (χ0n) is 14.9. The molecule has 28 heavy (non-hydrogen) atoms. The van der Waals surface area contributed by atoms with E-state index in [1.165, 1.54) is 19.2 Å². The number of anilines is 1. The van der Waals surface area contributed by atoms with Crippen LogP contribution < -0.4 is 5.32 Å². The predicted octanol–water partition coefficient (Wildman–Crippen LogP) is 3.54. The fourth-order valence-electron chi connectivity index (χ4n) is 2.87. The number of nitrogens with zero attached hydrogens (tertiary/aromatic N) is 1. The minimum absolute atomic E-state index is 0.0400. The van der Waals surface area contributed by atoms with Gasteiger partial charge in [0.15, 0.2) is 0 Å². The predicted molar refractivity (Wildman–Crippen MR) is 97.0 cm³/mol. The summed E-state index contributed by atoms with van der Waals surface area (Å²) in [6.07, 6.45) is -4.52. The highest BCUT2D eigenvalue weighted by Gasteiger charge is 2.39. The van der Waals surface area contributed by atoms with Crippen molar-refractivity contribution in [1.29, 1.82) is 0 Å². The molecule has 2 amide bonds. The number of carbonyl (C=O) groups is 2. The SMILES string of the molecule is COCCN1C(=O)C(Nc2cccc(C(F)(F)F)c2)=C(c2ccccc2)C1=O. The van der Waals surface area contributed by atoms with Crippen LogP contribution in [0.2, 0.25) is 0 Å². The molecule has 0 atom stereocenters. The number of hydrogen-bond donors (Lipinski definition) is 1. The molecule has 0 aliphatic carbocycles. The highest BCUT2D eigenvalue weighted by atomic mass is 19.4. The number of ether oxygens (including phenoxy) is 1. The van der Waals surface area contributed by atoms with Crippen molar-refractivity contribution in [1.82, 2.24) is 4.90 Å². The van der Waals surface area contributed by atoms with E-state index < -0.39 is 23.6 Å². The Kier molecular flexibility index (Phi) is 5.51. The van der Waals surface area contributed by atoms with Gasteiger partial charge in [-0.15, -0.1) is 0 Å². The standard InChI is InChI=1S/C20H17F3N2O3/c1-28-11-10-25-18(26)16(13-6-3-2-4-7-13)17(19(25)27)24-15-9-5-8-14(12-15)20(21,22)23/h2-9,12,24H,10-11H2,1H3. The summed E-state index contributed by atoms with van der Waals surface area (Å²) < 4.78 is 43.9. The van der Waals surface area contributed by atoms with Crippen molar-refractivity contribution in [2.45, 2.75) is 6.18 Å². The maximum absolute atomic E-state index is 13.0. The third kappa shape index (κ3) is 3.91. The number of amides is 2. The second-order valence-corrected chi connectivity index (χ2v) is 6.07. The van der Waals surface area contributed by atoms with Crippen molar-refractivity contribution in [3.63, 3.8) is 0 Å². The Labute approximate surface area is 159 Å². The highest BCUT2D eigenvalue weighted by molar-refractivity contribution is 6.36. The largest absolute Gasteiger partial charge is 0.416 e. The average Bonchev–Trinajstić information content (AvgIpc) is 2.90. The molecule has 0 saturated carbocycles. The van der Waals surface area contributed by atoms with Gasteiger partial charge in [0.05, 0.1) is 24.3 Å². The Hall–Kier alpha value is -3.13. The molecule has 2 aromatic carbocycles. The molecule has 3 rings (SSSR count). The molecule has 0 unspecified atom stereocenters. The second-order valence-electron chi connectivity index (χ2n) is 6.07. The lowest BCUT2D eigenvalue weighted by Gasteiger charge is -2.15. The maximum atomic E-state index is 13.0. The lowest BCUT2D eigenvalue weighted by Crippen LogP contribution is -2.35. The van der Waals surface area contributed by atoms with Crippen LogP contribution in [-0.4, -0.2) is 37.0 Å². The first-order chi connectivity index (χ1) is 13.3. The van der Waals surface area contributed by atoms with Gasteiger partial charge in [0.1, 0.15) is 5.70 Å². The van der Waals surface area contributed by atoms with Crippen LogP contribution in [0.4, 0.5) is 18.9 Å². The highest BCUT2D eigenvalue weighted by Crippen LogP contribution is 2.33. The molecular formula is C20H17F3N2O3. The number of benzene rings is 2. The van der Waals surface area contributed by atoms with E-state index in [0.717, 1.165) is 17.0 Å². The van der Waals surface area contributed by atoms with Crippen LogP contribution in [0.1, 0.15) is 11.1 Å². The lowest BCUT2D eigenvalue weighted by molar-refractivity contribution is -0.138. The Morgan fingerprint density at radius 3 is 2.36 bits per heavy atom. The number of carbonyl (C=O) groups excluding carboxylic acids is 2. The van der Waals surface area contributed by atoms with Gasteiger partial charge >= 0.3 is 6.18 Å². The van der Waals surface area contributed by atoms with Gasteiger partial charge in [-0.25, -0.2) is 0 Å². The van der Waals surface area contributed by atoms with Crippen molar-refractivity contribution >= 4 is 23.1 Å². The lowest BCUT2D eigenvalue weighted by atomic mass is 10.0. The summed E-state index contributed by atoms with van der Waals surface area (Å²) in [5, 5.41) is 2.72. The van der Waals surface area contributed by atoms with Gasteiger partial charge in [0.2, 0.25) is 0 Å². The minimum Gasteiger partial charge on any atom is -0.383 e. The molecule has 0 radical (unpaired) electrons. The summed E-state index contributed by atoms with van der Waals surface area (Å²) >= 11 is 0. The Balaban J connectivity index is 2.02. The molecule has 0 fully saturated rings. The summed E-state index contributed by atoms with van der Waals surface area (Å²) in [6.45, 7) is 0.189. The van der Waals surface area contributed by atoms with Gasteiger partial charge in [-0.1, -0.05) is 36.4 Å². The molecule has 8 heteroatoms. The van der Waals surface area contributed by atoms with Crippen LogP contribution in [0.3, 0.4) is 0 Å². The molecule has 1 aliphatic rings. The molecule has 1 aliphatic heterocycles. The van der Waals surface area contributed by atoms with Crippen molar-refractivity contribution in [2.24, 2.45) is 0 Å². The zero-order valence-corrected chi connectivity index (χ0v) is 14.9.